The molecule has 1 unspecified atom stereocenters. The van der Waals surface area contributed by atoms with Crippen LogP contribution >= 0.6 is 23.2 Å². The number of nitrogens with one attached hydrogen (secondary N) is 1. The molecule has 0 bridgehead atoms. The molecule has 76 valence electrons. The van der Waals surface area contributed by atoms with Gasteiger partial charge in [0, 0.05) is 12.5 Å². The molecule has 0 amide bonds. The molecule has 1 aromatic carbocycles. The monoisotopic (exact) mass is 231 g/mol. The van der Waals surface area contributed by atoms with Crippen LogP contribution in [0.1, 0.15) is 6.92 Å². The maximum atomic E-state index is 6.03. The molecule has 0 aromatic heterocycles. The summed E-state index contributed by atoms with van der Waals surface area (Å²) >= 11 is 12.0. The van der Waals surface area contributed by atoms with E-state index in [1.54, 1.807) is 12.1 Å². The van der Waals surface area contributed by atoms with Gasteiger partial charge in [-0.3, -0.25) is 0 Å². The van der Waals surface area contributed by atoms with Crippen molar-refractivity contribution >= 4 is 28.9 Å². The summed E-state index contributed by atoms with van der Waals surface area (Å²) in [7, 11) is 0. The third-order valence-corrected chi connectivity index (χ3v) is 2.81. The zero-order valence-electron chi connectivity index (χ0n) is 7.81. The number of hydrogen-bond donors (Lipinski definition) is 1. The second-order valence-corrected chi connectivity index (χ2v) is 4.34. The van der Waals surface area contributed by atoms with Gasteiger partial charge in [0.2, 0.25) is 0 Å². The van der Waals surface area contributed by atoms with Crippen molar-refractivity contribution in [2.24, 2.45) is 5.92 Å². The van der Waals surface area contributed by atoms with Gasteiger partial charge in [0.05, 0.1) is 22.3 Å². The Balaban J connectivity index is 2.44. The predicted molar refractivity (Wildman–Crippen MR) is 59.6 cm³/mol. The molecular weight excluding hydrogens is 221 g/mol. The lowest BCUT2D eigenvalue weighted by molar-refractivity contribution is 0.276. The van der Waals surface area contributed by atoms with Crippen molar-refractivity contribution in [3.8, 4) is 5.75 Å². The molecule has 0 radical (unpaired) electrons. The van der Waals surface area contributed by atoms with E-state index in [2.05, 4.69) is 12.2 Å². The highest BCUT2D eigenvalue weighted by molar-refractivity contribution is 6.36. The molecule has 1 aliphatic heterocycles. The van der Waals surface area contributed by atoms with E-state index in [0.717, 1.165) is 12.2 Å². The minimum absolute atomic E-state index is 0.453. The van der Waals surface area contributed by atoms with Gasteiger partial charge in [-0.05, 0) is 12.1 Å². The average molecular weight is 232 g/mol. The van der Waals surface area contributed by atoms with E-state index in [1.807, 2.05) is 0 Å². The number of ether oxygens (including phenoxy) is 1. The first-order valence-electron chi connectivity index (χ1n) is 4.53. The number of halogens is 2. The second-order valence-electron chi connectivity index (χ2n) is 3.53. The van der Waals surface area contributed by atoms with Crippen molar-refractivity contribution in [3.05, 3.63) is 22.2 Å². The van der Waals surface area contributed by atoms with E-state index in [9.17, 15) is 0 Å². The lowest BCUT2D eigenvalue weighted by Gasteiger charge is -2.10. The Morgan fingerprint density at radius 2 is 2.07 bits per heavy atom. The number of hydrogen-bond acceptors (Lipinski definition) is 2. The molecule has 0 saturated heterocycles. The average Bonchev–Trinajstić information content (AvgIpc) is 2.35. The summed E-state index contributed by atoms with van der Waals surface area (Å²) in [5.74, 6) is 1.12. The Morgan fingerprint density at radius 1 is 1.36 bits per heavy atom. The Labute approximate surface area is 93.2 Å². The van der Waals surface area contributed by atoms with Gasteiger partial charge in [0.1, 0.15) is 0 Å². The van der Waals surface area contributed by atoms with Crippen LogP contribution < -0.4 is 10.1 Å². The molecule has 0 fully saturated rings. The third-order valence-electron chi connectivity index (χ3n) is 2.20. The van der Waals surface area contributed by atoms with Crippen molar-refractivity contribution < 1.29 is 4.74 Å². The fraction of sp³-hybridized carbons (Fsp3) is 0.400. The van der Waals surface area contributed by atoms with E-state index in [-0.39, 0.29) is 0 Å². The van der Waals surface area contributed by atoms with Crippen LogP contribution in [0.4, 0.5) is 5.69 Å². The van der Waals surface area contributed by atoms with Crippen LogP contribution in [0.2, 0.25) is 10.0 Å². The predicted octanol–water partition coefficient (Wildman–Crippen LogP) is 3.43. The standard InChI is InChI=1S/C10H11Cl2NO/c1-6-4-13-9-7(11)2-3-8(12)10(9)14-5-6/h2-3,6,13H,4-5H2,1H3. The van der Waals surface area contributed by atoms with Crippen LogP contribution in [-0.4, -0.2) is 13.2 Å². The van der Waals surface area contributed by atoms with E-state index in [0.29, 0.717) is 28.3 Å². The highest BCUT2D eigenvalue weighted by Crippen LogP contribution is 2.40. The maximum Gasteiger partial charge on any atom is 0.162 e. The number of rotatable bonds is 0. The Kier molecular flexibility index (Phi) is 2.75. The summed E-state index contributed by atoms with van der Waals surface area (Å²) in [6.07, 6.45) is 0. The first-order chi connectivity index (χ1) is 6.68. The molecule has 1 aliphatic rings. The van der Waals surface area contributed by atoms with Crippen LogP contribution in [0.3, 0.4) is 0 Å². The lowest BCUT2D eigenvalue weighted by atomic mass is 10.2. The number of anilines is 1. The van der Waals surface area contributed by atoms with Gasteiger partial charge in [0.15, 0.2) is 5.75 Å². The Hall–Kier alpha value is -0.600. The summed E-state index contributed by atoms with van der Waals surface area (Å²) in [6.45, 7) is 3.63. The Bertz CT molecular complexity index is 321. The zero-order valence-corrected chi connectivity index (χ0v) is 9.32. The third kappa shape index (κ3) is 1.77. The maximum absolute atomic E-state index is 6.03. The molecule has 2 nitrogen and oxygen atoms in total. The van der Waals surface area contributed by atoms with Crippen LogP contribution in [0.5, 0.6) is 5.75 Å². The van der Waals surface area contributed by atoms with Crippen LogP contribution in [-0.2, 0) is 0 Å². The van der Waals surface area contributed by atoms with Gasteiger partial charge >= 0.3 is 0 Å². The van der Waals surface area contributed by atoms with Crippen molar-refractivity contribution in [1.82, 2.24) is 0 Å². The summed E-state index contributed by atoms with van der Waals surface area (Å²) in [6, 6.07) is 3.52. The zero-order chi connectivity index (χ0) is 10.1. The topological polar surface area (TPSA) is 21.3 Å². The summed E-state index contributed by atoms with van der Waals surface area (Å²) in [5.41, 5.74) is 0.809. The highest BCUT2D eigenvalue weighted by Gasteiger charge is 2.18. The van der Waals surface area contributed by atoms with Gasteiger partial charge in [0.25, 0.3) is 0 Å². The second kappa shape index (κ2) is 3.87. The minimum Gasteiger partial charge on any atom is -0.489 e. The highest BCUT2D eigenvalue weighted by atomic mass is 35.5. The fourth-order valence-corrected chi connectivity index (χ4v) is 1.83. The fourth-order valence-electron chi connectivity index (χ4n) is 1.40. The van der Waals surface area contributed by atoms with Crippen molar-refractivity contribution in [2.75, 3.05) is 18.5 Å². The molecule has 1 heterocycles. The Morgan fingerprint density at radius 3 is 2.86 bits per heavy atom. The number of benzene rings is 1. The van der Waals surface area contributed by atoms with Gasteiger partial charge in [-0.1, -0.05) is 30.1 Å². The smallest absolute Gasteiger partial charge is 0.162 e. The largest absolute Gasteiger partial charge is 0.489 e. The van der Waals surface area contributed by atoms with Gasteiger partial charge in [-0.25, -0.2) is 0 Å². The molecule has 2 rings (SSSR count). The first-order valence-corrected chi connectivity index (χ1v) is 5.28. The van der Waals surface area contributed by atoms with Crippen LogP contribution in [0.15, 0.2) is 12.1 Å². The summed E-state index contributed by atoms with van der Waals surface area (Å²) in [5, 5.41) is 4.50. The van der Waals surface area contributed by atoms with Gasteiger partial charge < -0.3 is 10.1 Å². The van der Waals surface area contributed by atoms with Crippen molar-refractivity contribution in [1.29, 1.82) is 0 Å². The van der Waals surface area contributed by atoms with Crippen LogP contribution in [0.25, 0.3) is 0 Å². The van der Waals surface area contributed by atoms with Crippen LogP contribution in [0, 0.1) is 5.92 Å². The normalized spacial score (nSPS) is 20.4. The molecule has 4 heteroatoms. The molecule has 1 aromatic rings. The molecule has 1 atom stereocenters. The molecule has 0 saturated carbocycles. The minimum atomic E-state index is 0.453. The molecule has 0 spiro atoms. The van der Waals surface area contributed by atoms with Gasteiger partial charge in [-0.15, -0.1) is 0 Å². The SMILES string of the molecule is CC1CNc2c(Cl)ccc(Cl)c2OC1. The molecule has 1 N–H and O–H groups in total. The molecular formula is C10H11Cl2NO. The van der Waals surface area contributed by atoms with E-state index in [4.69, 9.17) is 27.9 Å². The molecule has 14 heavy (non-hydrogen) atoms. The molecule has 0 aliphatic carbocycles. The van der Waals surface area contributed by atoms with Crippen molar-refractivity contribution in [2.45, 2.75) is 6.92 Å². The quantitative estimate of drug-likeness (QED) is 0.739. The van der Waals surface area contributed by atoms with E-state index < -0.39 is 0 Å². The van der Waals surface area contributed by atoms with Gasteiger partial charge in [-0.2, -0.15) is 0 Å². The lowest BCUT2D eigenvalue weighted by Crippen LogP contribution is -2.13. The summed E-state index contributed by atoms with van der Waals surface area (Å²) in [4.78, 5) is 0. The van der Waals surface area contributed by atoms with Crippen molar-refractivity contribution in [3.63, 3.8) is 0 Å². The first kappa shape index (κ1) is 9.94. The summed E-state index contributed by atoms with van der Waals surface area (Å²) < 4.78 is 5.59. The van der Waals surface area contributed by atoms with E-state index in [1.165, 1.54) is 0 Å². The number of fused-ring (bicyclic) bond motifs is 1. The van der Waals surface area contributed by atoms with E-state index >= 15 is 0 Å².